The molecule has 36 heavy (non-hydrogen) atoms. The Kier molecular flexibility index (Phi) is 9.78. The Balaban J connectivity index is 2.15. The Hall–Kier alpha value is -4.61. The van der Waals surface area contributed by atoms with Crippen LogP contribution in [0, 0.1) is 30.3 Å². The smallest absolute Gasteiger partial charge is 0.333 e. The number of non-ortho nitro benzene ring substituents is 1. The van der Waals surface area contributed by atoms with Crippen LogP contribution in [0.1, 0.15) is 37.8 Å². The van der Waals surface area contributed by atoms with Crippen LogP contribution in [0.3, 0.4) is 0 Å². The quantitative estimate of drug-likeness (QED) is 0.0890. The lowest BCUT2D eigenvalue weighted by Gasteiger charge is -2.23. The van der Waals surface area contributed by atoms with E-state index in [1.807, 2.05) is 19.1 Å². The number of nitrogens with zero attached hydrogens (tertiary/aromatic N) is 4. The van der Waals surface area contributed by atoms with E-state index in [2.05, 4.69) is 11.5 Å². The topological polar surface area (TPSA) is 159 Å². The molecule has 0 radical (unpaired) electrons. The lowest BCUT2D eigenvalue weighted by Crippen LogP contribution is -2.24. The standard InChI is InChI=1S/C24H26N4O8/c1-4-25(13-5-6-14-36-24(29)17(2)3)19-10-7-18(8-11-19)9-12-21-22(27(32)33)15-20(26(30)31)16-23(21)28(34)35/h7-12,15-16H,2,4-6,13-14H2,1,3H3. The van der Waals surface area contributed by atoms with Crippen molar-refractivity contribution in [3.63, 3.8) is 0 Å². The van der Waals surface area contributed by atoms with Gasteiger partial charge in [-0.1, -0.05) is 24.8 Å². The van der Waals surface area contributed by atoms with E-state index in [1.165, 1.54) is 12.2 Å². The third-order valence-corrected chi connectivity index (χ3v) is 5.21. The second kappa shape index (κ2) is 12.7. The van der Waals surface area contributed by atoms with Gasteiger partial charge in [-0.2, -0.15) is 0 Å². The highest BCUT2D eigenvalue weighted by Crippen LogP contribution is 2.35. The van der Waals surface area contributed by atoms with Crippen molar-refractivity contribution in [1.82, 2.24) is 0 Å². The van der Waals surface area contributed by atoms with Crippen LogP contribution in [0.25, 0.3) is 12.2 Å². The predicted molar refractivity (Wildman–Crippen MR) is 135 cm³/mol. The Labute approximate surface area is 206 Å². The minimum Gasteiger partial charge on any atom is -0.462 e. The third-order valence-electron chi connectivity index (χ3n) is 5.21. The summed E-state index contributed by atoms with van der Waals surface area (Å²) in [5.41, 5.74) is -0.600. The first-order chi connectivity index (χ1) is 17.0. The number of nitro benzene ring substituents is 3. The third kappa shape index (κ3) is 7.45. The summed E-state index contributed by atoms with van der Waals surface area (Å²) in [6.07, 6.45) is 4.17. The molecule has 0 atom stereocenters. The molecule has 0 amide bonds. The molecule has 0 bridgehead atoms. The summed E-state index contributed by atoms with van der Waals surface area (Å²) >= 11 is 0. The summed E-state index contributed by atoms with van der Waals surface area (Å²) in [6, 6.07) is 8.62. The second-order valence-corrected chi connectivity index (χ2v) is 7.80. The second-order valence-electron chi connectivity index (χ2n) is 7.80. The van der Waals surface area contributed by atoms with E-state index < -0.39 is 37.8 Å². The SMILES string of the molecule is C=C(C)C(=O)OCCCCN(CC)c1ccc(C=Cc2c([N+](=O)[O-])cc([N+](=O)[O-])cc2[N+](=O)[O-])cc1. The summed E-state index contributed by atoms with van der Waals surface area (Å²) in [5, 5.41) is 33.9. The molecular weight excluding hydrogens is 472 g/mol. The predicted octanol–water partition coefficient (Wildman–Crippen LogP) is 5.31. The maximum absolute atomic E-state index is 11.4. The molecule has 0 spiro atoms. The number of carbonyl (C=O) groups excluding carboxylic acids is 1. The molecule has 2 aromatic rings. The molecule has 0 aliphatic carbocycles. The van der Waals surface area contributed by atoms with E-state index >= 15 is 0 Å². The minimum absolute atomic E-state index is 0.313. The zero-order valence-corrected chi connectivity index (χ0v) is 19.9. The van der Waals surface area contributed by atoms with Crippen molar-refractivity contribution in [2.45, 2.75) is 26.7 Å². The summed E-state index contributed by atoms with van der Waals surface area (Å²) in [4.78, 5) is 44.7. The number of anilines is 1. The van der Waals surface area contributed by atoms with Gasteiger partial charge >= 0.3 is 5.97 Å². The number of nitro groups is 3. The average molecular weight is 498 g/mol. The number of rotatable bonds is 13. The Morgan fingerprint density at radius 2 is 1.56 bits per heavy atom. The van der Waals surface area contributed by atoms with Crippen molar-refractivity contribution in [3.05, 3.63) is 90.0 Å². The van der Waals surface area contributed by atoms with Crippen LogP contribution in [-0.4, -0.2) is 40.4 Å². The van der Waals surface area contributed by atoms with Crippen LogP contribution in [0.5, 0.6) is 0 Å². The average Bonchev–Trinajstić information content (AvgIpc) is 2.84. The first-order valence-corrected chi connectivity index (χ1v) is 11.0. The highest BCUT2D eigenvalue weighted by atomic mass is 16.6. The van der Waals surface area contributed by atoms with Gasteiger partial charge in [-0.15, -0.1) is 0 Å². The van der Waals surface area contributed by atoms with Gasteiger partial charge in [0.1, 0.15) is 5.56 Å². The zero-order chi connectivity index (χ0) is 26.8. The van der Waals surface area contributed by atoms with Crippen molar-refractivity contribution in [3.8, 4) is 0 Å². The number of hydrogen-bond acceptors (Lipinski definition) is 9. The zero-order valence-electron chi connectivity index (χ0n) is 19.9. The van der Waals surface area contributed by atoms with Crippen LogP contribution in [0.2, 0.25) is 0 Å². The molecule has 0 N–H and O–H groups in total. The summed E-state index contributed by atoms with van der Waals surface area (Å²) in [7, 11) is 0. The number of unbranched alkanes of at least 4 members (excludes halogenated alkanes) is 1. The summed E-state index contributed by atoms with van der Waals surface area (Å²) in [6.45, 7) is 8.91. The molecule has 0 aliphatic heterocycles. The number of hydrogen-bond donors (Lipinski definition) is 0. The number of carbonyl (C=O) groups is 1. The van der Waals surface area contributed by atoms with E-state index in [1.54, 1.807) is 19.1 Å². The minimum atomic E-state index is -0.916. The number of benzene rings is 2. The summed E-state index contributed by atoms with van der Waals surface area (Å²) in [5.74, 6) is -0.407. The van der Waals surface area contributed by atoms with Crippen LogP contribution in [0.15, 0.2) is 48.6 Å². The van der Waals surface area contributed by atoms with Crippen molar-refractivity contribution >= 4 is 40.9 Å². The first-order valence-electron chi connectivity index (χ1n) is 11.0. The van der Waals surface area contributed by atoms with E-state index in [4.69, 9.17) is 4.74 Å². The van der Waals surface area contributed by atoms with Gasteiger partial charge in [0.2, 0.25) is 0 Å². The van der Waals surface area contributed by atoms with Crippen molar-refractivity contribution < 1.29 is 24.3 Å². The van der Waals surface area contributed by atoms with E-state index in [9.17, 15) is 35.1 Å². The molecule has 0 heterocycles. The molecule has 12 nitrogen and oxygen atoms in total. The van der Waals surface area contributed by atoms with E-state index in [0.717, 1.165) is 25.2 Å². The van der Waals surface area contributed by atoms with Crippen LogP contribution >= 0.6 is 0 Å². The van der Waals surface area contributed by atoms with Gasteiger partial charge in [0.15, 0.2) is 0 Å². The highest BCUT2D eigenvalue weighted by molar-refractivity contribution is 5.86. The Morgan fingerprint density at radius 1 is 0.972 bits per heavy atom. The number of ether oxygens (including phenoxy) is 1. The van der Waals surface area contributed by atoms with Crippen LogP contribution < -0.4 is 4.90 Å². The molecule has 2 aromatic carbocycles. The van der Waals surface area contributed by atoms with Gasteiger partial charge in [0, 0.05) is 24.4 Å². The molecule has 0 saturated carbocycles. The van der Waals surface area contributed by atoms with Gasteiger partial charge in [0.05, 0.1) is 33.5 Å². The van der Waals surface area contributed by atoms with Gasteiger partial charge in [-0.05, 0) is 50.5 Å². The molecule has 0 saturated heterocycles. The fourth-order valence-corrected chi connectivity index (χ4v) is 3.33. The van der Waals surface area contributed by atoms with Crippen molar-refractivity contribution in [2.75, 3.05) is 24.6 Å². The molecule has 0 fully saturated rings. The van der Waals surface area contributed by atoms with Crippen molar-refractivity contribution in [1.29, 1.82) is 0 Å². The van der Waals surface area contributed by atoms with Gasteiger partial charge in [-0.25, -0.2) is 4.79 Å². The molecule has 2 rings (SSSR count). The maximum atomic E-state index is 11.4. The number of esters is 1. The lowest BCUT2D eigenvalue weighted by atomic mass is 10.1. The highest BCUT2D eigenvalue weighted by Gasteiger charge is 2.28. The normalized spacial score (nSPS) is 10.7. The Bertz CT molecular complexity index is 1160. The van der Waals surface area contributed by atoms with Crippen molar-refractivity contribution in [2.24, 2.45) is 0 Å². The largest absolute Gasteiger partial charge is 0.462 e. The maximum Gasteiger partial charge on any atom is 0.333 e. The molecule has 0 aromatic heterocycles. The fraction of sp³-hybridized carbons (Fsp3) is 0.292. The molecule has 190 valence electrons. The van der Waals surface area contributed by atoms with E-state index in [-0.39, 0.29) is 5.56 Å². The first kappa shape index (κ1) is 27.6. The monoisotopic (exact) mass is 498 g/mol. The molecule has 0 aliphatic rings. The van der Waals surface area contributed by atoms with Gasteiger partial charge < -0.3 is 9.64 Å². The summed E-state index contributed by atoms with van der Waals surface area (Å²) < 4.78 is 5.09. The van der Waals surface area contributed by atoms with Crippen LogP contribution in [0.4, 0.5) is 22.7 Å². The molecule has 12 heteroatoms. The van der Waals surface area contributed by atoms with Crippen LogP contribution in [-0.2, 0) is 9.53 Å². The van der Waals surface area contributed by atoms with Gasteiger partial charge in [-0.3, -0.25) is 30.3 Å². The fourth-order valence-electron chi connectivity index (χ4n) is 3.33. The molecule has 0 unspecified atom stereocenters. The lowest BCUT2D eigenvalue weighted by molar-refractivity contribution is -0.403. The molecular formula is C24H26N4O8. The van der Waals surface area contributed by atoms with Gasteiger partial charge in [0.25, 0.3) is 17.1 Å². The Morgan fingerprint density at radius 3 is 2.03 bits per heavy atom. The van der Waals surface area contributed by atoms with E-state index in [0.29, 0.717) is 36.3 Å².